The van der Waals surface area contributed by atoms with Crippen molar-refractivity contribution in [2.45, 2.75) is 46.1 Å². The molecular weight excluding hydrogens is 291 g/mol. The van der Waals surface area contributed by atoms with Crippen LogP contribution in [0.4, 0.5) is 0 Å². The van der Waals surface area contributed by atoms with Gasteiger partial charge in [-0.15, -0.1) is 0 Å². The molecule has 1 unspecified atom stereocenters. The van der Waals surface area contributed by atoms with Crippen LogP contribution in [0.2, 0.25) is 0 Å². The molecule has 1 rings (SSSR count). The van der Waals surface area contributed by atoms with E-state index in [0.29, 0.717) is 6.61 Å². The molecule has 5 nitrogen and oxygen atoms in total. The number of unbranched alkanes of at least 4 members (excludes halogenated alkanes) is 3. The van der Waals surface area contributed by atoms with Crippen LogP contribution in [-0.4, -0.2) is 18.3 Å². The summed E-state index contributed by atoms with van der Waals surface area (Å²) in [5.74, 6) is 0.180. The fourth-order valence-corrected chi connectivity index (χ4v) is 2.92. The zero-order valence-electron chi connectivity index (χ0n) is 12.8. The van der Waals surface area contributed by atoms with Gasteiger partial charge in [-0.25, -0.2) is 4.57 Å². The minimum absolute atomic E-state index is 0.118. The monoisotopic (exact) mass is 316 g/mol. The topological polar surface area (TPSA) is 65.0 Å². The van der Waals surface area contributed by atoms with E-state index >= 15 is 0 Å². The van der Waals surface area contributed by atoms with Crippen molar-refractivity contribution in [1.82, 2.24) is 0 Å². The Morgan fingerprint density at radius 3 is 2.33 bits per heavy atom. The van der Waals surface area contributed by atoms with Crippen LogP contribution in [0.25, 0.3) is 0 Å². The second-order valence-corrected chi connectivity index (χ2v) is 6.37. The van der Waals surface area contributed by atoms with Crippen molar-refractivity contribution < 1.29 is 23.2 Å². The zero-order valence-corrected chi connectivity index (χ0v) is 13.7. The highest BCUT2D eigenvalue weighted by Crippen LogP contribution is 2.50. The van der Waals surface area contributed by atoms with Gasteiger partial charge in [0.05, 0.1) is 19.8 Å². The summed E-state index contributed by atoms with van der Waals surface area (Å²) in [6.45, 7) is 4.63. The Bertz CT molecular complexity index is 432. The molecule has 0 fully saturated rings. The Labute approximate surface area is 126 Å². The maximum Gasteiger partial charge on any atom is 0.475 e. The van der Waals surface area contributed by atoms with E-state index < -0.39 is 7.82 Å². The summed E-state index contributed by atoms with van der Waals surface area (Å²) in [6, 6.07) is 6.51. The molecule has 0 heterocycles. The fraction of sp³-hybridized carbons (Fsp3) is 0.600. The maximum atomic E-state index is 12.4. The summed E-state index contributed by atoms with van der Waals surface area (Å²) in [7, 11) is -3.51. The van der Waals surface area contributed by atoms with Crippen LogP contribution in [0, 0.1) is 0 Å². The number of aromatic hydroxyl groups is 1. The van der Waals surface area contributed by atoms with Crippen molar-refractivity contribution in [3.05, 3.63) is 29.8 Å². The normalized spacial score (nSPS) is 14.0. The maximum absolute atomic E-state index is 12.4. The third kappa shape index (κ3) is 7.63. The fourth-order valence-electron chi connectivity index (χ4n) is 1.72. The molecule has 0 aliphatic rings. The first-order valence-electron chi connectivity index (χ1n) is 7.41. The molecule has 0 aromatic heterocycles. The lowest BCUT2D eigenvalue weighted by atomic mass is 10.2. The number of rotatable bonds is 11. The van der Waals surface area contributed by atoms with Crippen LogP contribution in [0.15, 0.2) is 24.3 Å². The molecule has 0 aliphatic heterocycles. The molecule has 1 aromatic rings. The third-order valence-corrected chi connectivity index (χ3v) is 4.38. The van der Waals surface area contributed by atoms with Gasteiger partial charge in [0.2, 0.25) is 0 Å². The Balaban J connectivity index is 2.43. The molecule has 6 heteroatoms. The van der Waals surface area contributed by atoms with Crippen LogP contribution in [0.3, 0.4) is 0 Å². The molecule has 0 bridgehead atoms. The molecule has 0 saturated carbocycles. The second kappa shape index (κ2) is 9.96. The lowest BCUT2D eigenvalue weighted by Crippen LogP contribution is -2.02. The number of hydrogen-bond donors (Lipinski definition) is 1. The van der Waals surface area contributed by atoms with Gasteiger partial charge in [-0.1, -0.05) is 38.3 Å². The molecule has 120 valence electrons. The molecule has 1 atom stereocenters. The average Bonchev–Trinajstić information content (AvgIpc) is 2.47. The number of benzene rings is 1. The first kappa shape index (κ1) is 18.2. The summed E-state index contributed by atoms with van der Waals surface area (Å²) in [5.41, 5.74) is 0.794. The molecule has 1 N–H and O–H groups in total. The first-order chi connectivity index (χ1) is 10.1. The molecule has 0 amide bonds. The standard InChI is InChI=1S/C15H25O5P/c1-3-5-6-7-12-19-21(17,18-4-2)20-13-14-8-10-15(16)11-9-14/h8-11,16H,3-7,12-13H2,1-2H3. The smallest absolute Gasteiger partial charge is 0.475 e. The molecule has 0 saturated heterocycles. The Kier molecular flexibility index (Phi) is 8.62. The van der Waals surface area contributed by atoms with Gasteiger partial charge in [-0.05, 0) is 31.0 Å². The number of phenolic OH excluding ortho intramolecular Hbond substituents is 1. The summed E-state index contributed by atoms with van der Waals surface area (Å²) >= 11 is 0. The van der Waals surface area contributed by atoms with Gasteiger partial charge in [0.25, 0.3) is 0 Å². The van der Waals surface area contributed by atoms with Crippen molar-refractivity contribution >= 4 is 7.82 Å². The highest BCUT2D eigenvalue weighted by molar-refractivity contribution is 7.48. The molecule has 21 heavy (non-hydrogen) atoms. The first-order valence-corrected chi connectivity index (χ1v) is 8.87. The van der Waals surface area contributed by atoms with Gasteiger partial charge in [-0.3, -0.25) is 13.6 Å². The number of hydrogen-bond acceptors (Lipinski definition) is 5. The van der Waals surface area contributed by atoms with E-state index in [1.54, 1.807) is 31.2 Å². The predicted molar refractivity (Wildman–Crippen MR) is 82.2 cm³/mol. The number of phosphoric ester groups is 1. The predicted octanol–water partition coefficient (Wildman–Crippen LogP) is 4.65. The van der Waals surface area contributed by atoms with Crippen molar-refractivity contribution in [2.75, 3.05) is 13.2 Å². The molecule has 0 aliphatic carbocycles. The second-order valence-electron chi connectivity index (χ2n) is 4.70. The van der Waals surface area contributed by atoms with Crippen molar-refractivity contribution in [3.63, 3.8) is 0 Å². The molecule has 0 radical (unpaired) electrons. The van der Waals surface area contributed by atoms with E-state index in [1.807, 2.05) is 0 Å². The largest absolute Gasteiger partial charge is 0.508 e. The van der Waals surface area contributed by atoms with Crippen molar-refractivity contribution in [2.24, 2.45) is 0 Å². The van der Waals surface area contributed by atoms with E-state index in [2.05, 4.69) is 6.92 Å². The summed E-state index contributed by atoms with van der Waals surface area (Å²) in [6.07, 6.45) is 4.16. The highest BCUT2D eigenvalue weighted by atomic mass is 31.2. The lowest BCUT2D eigenvalue weighted by Gasteiger charge is -2.17. The summed E-state index contributed by atoms with van der Waals surface area (Å²) in [4.78, 5) is 0. The van der Waals surface area contributed by atoms with Crippen LogP contribution in [0.1, 0.15) is 45.1 Å². The number of phosphoric acid groups is 1. The summed E-state index contributed by atoms with van der Waals surface area (Å²) < 4.78 is 28.2. The molecular formula is C15H25O5P. The SMILES string of the molecule is CCCCCCOP(=O)(OCC)OCc1ccc(O)cc1. The van der Waals surface area contributed by atoms with Crippen LogP contribution >= 0.6 is 7.82 Å². The van der Waals surface area contributed by atoms with Gasteiger partial charge in [0.1, 0.15) is 5.75 Å². The third-order valence-electron chi connectivity index (χ3n) is 2.86. The van der Waals surface area contributed by atoms with Crippen LogP contribution < -0.4 is 0 Å². The van der Waals surface area contributed by atoms with E-state index in [1.165, 1.54) is 0 Å². The van der Waals surface area contributed by atoms with Gasteiger partial charge in [0, 0.05) is 0 Å². The Hall–Kier alpha value is -0.870. The van der Waals surface area contributed by atoms with Gasteiger partial charge < -0.3 is 5.11 Å². The minimum Gasteiger partial charge on any atom is -0.508 e. The minimum atomic E-state index is -3.51. The average molecular weight is 316 g/mol. The van der Waals surface area contributed by atoms with Gasteiger partial charge in [0.15, 0.2) is 0 Å². The van der Waals surface area contributed by atoms with E-state index in [0.717, 1.165) is 31.2 Å². The Morgan fingerprint density at radius 2 is 1.71 bits per heavy atom. The van der Waals surface area contributed by atoms with Crippen LogP contribution in [0.5, 0.6) is 5.75 Å². The van der Waals surface area contributed by atoms with Crippen LogP contribution in [-0.2, 0) is 24.7 Å². The zero-order chi connectivity index (χ0) is 15.6. The quantitative estimate of drug-likeness (QED) is 0.475. The molecule has 0 spiro atoms. The van der Waals surface area contributed by atoms with Crippen molar-refractivity contribution in [1.29, 1.82) is 0 Å². The molecule has 1 aromatic carbocycles. The Morgan fingerprint density at radius 1 is 1.00 bits per heavy atom. The van der Waals surface area contributed by atoms with Gasteiger partial charge in [-0.2, -0.15) is 0 Å². The van der Waals surface area contributed by atoms with E-state index in [4.69, 9.17) is 13.6 Å². The van der Waals surface area contributed by atoms with E-state index in [-0.39, 0.29) is 19.0 Å². The van der Waals surface area contributed by atoms with E-state index in [9.17, 15) is 9.67 Å². The van der Waals surface area contributed by atoms with Gasteiger partial charge >= 0.3 is 7.82 Å². The van der Waals surface area contributed by atoms with Crippen molar-refractivity contribution in [3.8, 4) is 5.75 Å². The number of phenols is 1. The summed E-state index contributed by atoms with van der Waals surface area (Å²) in [5, 5.41) is 9.21. The highest BCUT2D eigenvalue weighted by Gasteiger charge is 2.25. The lowest BCUT2D eigenvalue weighted by molar-refractivity contribution is 0.110.